The molecule has 0 aromatic heterocycles. The van der Waals surface area contributed by atoms with Crippen LogP contribution in [0, 0.1) is 5.92 Å². The van der Waals surface area contributed by atoms with Crippen LogP contribution in [0.2, 0.25) is 0 Å². The van der Waals surface area contributed by atoms with Gasteiger partial charge in [-0.3, -0.25) is 4.79 Å². The highest BCUT2D eigenvalue weighted by Gasteiger charge is 2.32. The van der Waals surface area contributed by atoms with Gasteiger partial charge in [0.05, 0.1) is 11.7 Å². The summed E-state index contributed by atoms with van der Waals surface area (Å²) in [6.45, 7) is 6.15. The van der Waals surface area contributed by atoms with Gasteiger partial charge in [0, 0.05) is 18.3 Å². The molecule has 23 heavy (non-hydrogen) atoms. The van der Waals surface area contributed by atoms with Gasteiger partial charge >= 0.3 is 0 Å². The van der Waals surface area contributed by atoms with Crippen molar-refractivity contribution >= 4 is 15.7 Å². The van der Waals surface area contributed by atoms with E-state index in [4.69, 9.17) is 4.74 Å². The summed E-state index contributed by atoms with van der Waals surface area (Å²) in [5.41, 5.74) is 1.03. The number of hydrogen-bond acceptors (Lipinski definition) is 4. The first kappa shape index (κ1) is 17.8. The summed E-state index contributed by atoms with van der Waals surface area (Å²) >= 11 is 0. The second-order valence-electron chi connectivity index (χ2n) is 5.99. The second-order valence-corrected chi connectivity index (χ2v) is 8.39. The minimum absolute atomic E-state index is 0.00719. The van der Waals surface area contributed by atoms with Crippen LogP contribution in [0.1, 0.15) is 26.3 Å². The zero-order valence-corrected chi connectivity index (χ0v) is 14.8. The van der Waals surface area contributed by atoms with Gasteiger partial charge in [0.2, 0.25) is 5.91 Å². The van der Waals surface area contributed by atoms with Crippen molar-refractivity contribution in [3.63, 3.8) is 0 Å². The van der Waals surface area contributed by atoms with E-state index in [1.807, 2.05) is 31.2 Å². The molecule has 0 spiro atoms. The molecule has 2 unspecified atom stereocenters. The zero-order chi connectivity index (χ0) is 17.0. The van der Waals surface area contributed by atoms with E-state index < -0.39 is 9.84 Å². The Morgan fingerprint density at radius 3 is 2.70 bits per heavy atom. The third kappa shape index (κ3) is 4.25. The van der Waals surface area contributed by atoms with Crippen LogP contribution in [0.5, 0.6) is 5.75 Å². The van der Waals surface area contributed by atoms with Crippen LogP contribution in [-0.4, -0.2) is 49.9 Å². The van der Waals surface area contributed by atoms with E-state index in [2.05, 4.69) is 0 Å². The van der Waals surface area contributed by atoms with E-state index in [1.54, 1.807) is 18.7 Å². The molecular formula is C17H25NO4S. The van der Waals surface area contributed by atoms with Crippen molar-refractivity contribution in [1.29, 1.82) is 0 Å². The molecule has 0 fully saturated rings. The first-order valence-corrected chi connectivity index (χ1v) is 9.91. The van der Waals surface area contributed by atoms with E-state index in [0.717, 1.165) is 11.3 Å². The van der Waals surface area contributed by atoms with Crippen LogP contribution in [0.15, 0.2) is 24.3 Å². The number of benzene rings is 1. The van der Waals surface area contributed by atoms with E-state index >= 15 is 0 Å². The minimum atomic E-state index is -3.11. The molecule has 128 valence electrons. The Kier molecular flexibility index (Phi) is 5.68. The molecular weight excluding hydrogens is 314 g/mol. The highest BCUT2D eigenvalue weighted by Crippen LogP contribution is 2.28. The van der Waals surface area contributed by atoms with Crippen molar-refractivity contribution in [2.45, 2.75) is 33.2 Å². The lowest BCUT2D eigenvalue weighted by Gasteiger charge is -2.33. The van der Waals surface area contributed by atoms with Crippen LogP contribution in [0.3, 0.4) is 0 Å². The number of ether oxygens (including phenoxy) is 1. The smallest absolute Gasteiger partial charge is 0.229 e. The molecule has 1 amide bonds. The summed E-state index contributed by atoms with van der Waals surface area (Å²) in [6, 6.07) is 7.40. The molecule has 1 aliphatic heterocycles. The van der Waals surface area contributed by atoms with Crippen LogP contribution >= 0.6 is 0 Å². The Labute approximate surface area is 138 Å². The molecule has 2 atom stereocenters. The van der Waals surface area contributed by atoms with E-state index in [-0.39, 0.29) is 29.4 Å². The number of para-hydroxylation sites is 1. The van der Waals surface area contributed by atoms with Crippen molar-refractivity contribution in [3.8, 4) is 5.75 Å². The van der Waals surface area contributed by atoms with Gasteiger partial charge < -0.3 is 9.64 Å². The zero-order valence-electron chi connectivity index (χ0n) is 14.0. The average molecular weight is 339 g/mol. The number of carbonyl (C=O) groups excluding carboxylic acids is 1. The third-order valence-electron chi connectivity index (χ3n) is 4.32. The van der Waals surface area contributed by atoms with Crippen LogP contribution in [0.4, 0.5) is 0 Å². The molecule has 1 aromatic carbocycles. The molecule has 0 aliphatic carbocycles. The monoisotopic (exact) mass is 339 g/mol. The van der Waals surface area contributed by atoms with Gasteiger partial charge in [-0.25, -0.2) is 8.42 Å². The number of amides is 1. The summed E-state index contributed by atoms with van der Waals surface area (Å²) < 4.78 is 29.3. The van der Waals surface area contributed by atoms with Crippen molar-refractivity contribution in [3.05, 3.63) is 29.8 Å². The highest BCUT2D eigenvalue weighted by atomic mass is 32.2. The molecule has 0 saturated heterocycles. The molecule has 0 radical (unpaired) electrons. The lowest BCUT2D eigenvalue weighted by atomic mass is 9.95. The van der Waals surface area contributed by atoms with Crippen molar-refractivity contribution in [1.82, 2.24) is 4.90 Å². The van der Waals surface area contributed by atoms with Gasteiger partial charge in [-0.2, -0.15) is 0 Å². The summed E-state index contributed by atoms with van der Waals surface area (Å²) in [6.07, 6.45) is 0.638. The Balaban J connectivity index is 2.09. The normalized spacial score (nSPS) is 18.7. The number of rotatable bonds is 6. The highest BCUT2D eigenvalue weighted by molar-refractivity contribution is 7.91. The Bertz CT molecular complexity index is 656. The molecule has 5 nitrogen and oxygen atoms in total. The van der Waals surface area contributed by atoms with Gasteiger partial charge in [0.1, 0.15) is 12.4 Å². The minimum Gasteiger partial charge on any atom is -0.492 e. The largest absolute Gasteiger partial charge is 0.492 e. The Hall–Kier alpha value is -1.56. The predicted molar refractivity (Wildman–Crippen MR) is 90.3 cm³/mol. The molecule has 0 bridgehead atoms. The molecule has 2 rings (SSSR count). The SMILES string of the molecule is CCN(C(=O)C1COc2ccccc2C1)C(C)CS(=O)(=O)CC. The lowest BCUT2D eigenvalue weighted by molar-refractivity contribution is -0.138. The third-order valence-corrected chi connectivity index (χ3v) is 6.19. The number of carbonyl (C=O) groups is 1. The lowest BCUT2D eigenvalue weighted by Crippen LogP contribution is -2.47. The van der Waals surface area contributed by atoms with Crippen molar-refractivity contribution in [2.24, 2.45) is 5.92 Å². The maximum atomic E-state index is 12.8. The summed E-state index contributed by atoms with van der Waals surface area (Å²) in [4.78, 5) is 14.5. The number of sulfone groups is 1. The van der Waals surface area contributed by atoms with Crippen LogP contribution in [0.25, 0.3) is 0 Å². The van der Waals surface area contributed by atoms with Gasteiger partial charge in [-0.05, 0) is 31.9 Å². The van der Waals surface area contributed by atoms with E-state index in [9.17, 15) is 13.2 Å². The van der Waals surface area contributed by atoms with Crippen molar-refractivity contribution < 1.29 is 17.9 Å². The first-order valence-electron chi connectivity index (χ1n) is 8.09. The fraction of sp³-hybridized carbons (Fsp3) is 0.588. The first-order chi connectivity index (χ1) is 10.9. The second kappa shape index (κ2) is 7.34. The molecule has 0 N–H and O–H groups in total. The van der Waals surface area contributed by atoms with Crippen LogP contribution in [-0.2, 0) is 21.1 Å². The molecule has 1 aromatic rings. The predicted octanol–water partition coefficient (Wildman–Crippen LogP) is 1.91. The molecule has 1 heterocycles. The number of nitrogens with zero attached hydrogens (tertiary/aromatic N) is 1. The topological polar surface area (TPSA) is 63.7 Å². The van der Waals surface area contributed by atoms with E-state index in [1.165, 1.54) is 0 Å². The quantitative estimate of drug-likeness (QED) is 0.794. The maximum Gasteiger partial charge on any atom is 0.229 e. The van der Waals surface area contributed by atoms with Crippen LogP contribution < -0.4 is 4.74 Å². The summed E-state index contributed by atoms with van der Waals surface area (Å²) in [5.74, 6) is 0.662. The fourth-order valence-corrected chi connectivity index (χ4v) is 4.13. The molecule has 0 saturated carbocycles. The summed E-state index contributed by atoms with van der Waals surface area (Å²) in [5, 5.41) is 0. The maximum absolute atomic E-state index is 12.8. The average Bonchev–Trinajstić information content (AvgIpc) is 2.54. The Morgan fingerprint density at radius 2 is 2.04 bits per heavy atom. The van der Waals surface area contributed by atoms with Gasteiger partial charge in [-0.1, -0.05) is 25.1 Å². The fourth-order valence-electron chi connectivity index (χ4n) is 2.98. The van der Waals surface area contributed by atoms with Gasteiger partial charge in [-0.15, -0.1) is 0 Å². The van der Waals surface area contributed by atoms with Crippen molar-refractivity contribution in [2.75, 3.05) is 24.7 Å². The molecule has 6 heteroatoms. The summed E-state index contributed by atoms with van der Waals surface area (Å²) in [7, 11) is -3.11. The molecule has 1 aliphatic rings. The standard InChI is InChI=1S/C17H25NO4S/c1-4-18(13(3)12-23(20,21)5-2)17(19)15-10-14-8-6-7-9-16(14)22-11-15/h6-9,13,15H,4-5,10-12H2,1-3H3. The van der Waals surface area contributed by atoms with Gasteiger partial charge in [0.15, 0.2) is 9.84 Å². The van der Waals surface area contributed by atoms with Gasteiger partial charge in [0.25, 0.3) is 0 Å². The number of fused-ring (bicyclic) bond motifs is 1. The number of hydrogen-bond donors (Lipinski definition) is 0. The Morgan fingerprint density at radius 1 is 1.35 bits per heavy atom. The van der Waals surface area contributed by atoms with E-state index in [0.29, 0.717) is 19.6 Å².